The second-order valence-electron chi connectivity index (χ2n) is 10.3. The third-order valence-corrected chi connectivity index (χ3v) is 8.41. The van der Waals surface area contributed by atoms with Gasteiger partial charge in [-0.2, -0.15) is 5.26 Å². The van der Waals surface area contributed by atoms with E-state index in [0.29, 0.717) is 46.7 Å². The van der Waals surface area contributed by atoms with Gasteiger partial charge in [0.1, 0.15) is 5.82 Å². The van der Waals surface area contributed by atoms with Crippen molar-refractivity contribution in [3.05, 3.63) is 30.0 Å². The molecule has 1 aromatic heterocycles. The van der Waals surface area contributed by atoms with Crippen LogP contribution in [0.1, 0.15) is 44.1 Å². The summed E-state index contributed by atoms with van der Waals surface area (Å²) in [6, 6.07) is 7.20. The van der Waals surface area contributed by atoms with Crippen LogP contribution in [0, 0.1) is 35.0 Å². The number of aliphatic hydroxyl groups is 1. The molecule has 4 aliphatic carbocycles. The summed E-state index contributed by atoms with van der Waals surface area (Å²) in [4.78, 5) is 22.9. The molecule has 2 heterocycles. The van der Waals surface area contributed by atoms with Gasteiger partial charge in [-0.25, -0.2) is 9.78 Å². The summed E-state index contributed by atoms with van der Waals surface area (Å²) in [7, 11) is 0. The van der Waals surface area contributed by atoms with Crippen LogP contribution in [0.4, 0.5) is 10.6 Å². The number of rotatable bonds is 3. The lowest BCUT2D eigenvalue weighted by molar-refractivity contribution is -0.162. The van der Waals surface area contributed by atoms with E-state index in [9.17, 15) is 15.0 Å². The summed E-state index contributed by atoms with van der Waals surface area (Å²) >= 11 is 0. The monoisotopic (exact) mass is 433 g/mol. The van der Waals surface area contributed by atoms with Crippen LogP contribution < -0.4 is 5.32 Å². The molecule has 0 spiro atoms. The summed E-state index contributed by atoms with van der Waals surface area (Å²) < 4.78 is 0. The zero-order valence-electron chi connectivity index (χ0n) is 17.8. The minimum Gasteiger partial charge on any atom is -0.465 e. The number of amides is 1. The highest BCUT2D eigenvalue weighted by Crippen LogP contribution is 2.60. The smallest absolute Gasteiger partial charge is 0.407 e. The molecule has 3 N–H and O–H groups in total. The number of fused-ring (bicyclic) bond motifs is 1. The number of carboxylic acid groups (broad SMARTS) is 1. The number of carbonyl (C=O) groups is 1. The zero-order chi connectivity index (χ0) is 22.0. The molecular weight excluding hydrogens is 406 g/mol. The fraction of sp³-hybridized carbons (Fsp3) is 0.583. The van der Waals surface area contributed by atoms with Gasteiger partial charge in [0.25, 0.3) is 0 Å². The van der Waals surface area contributed by atoms with E-state index in [2.05, 4.69) is 21.4 Å². The molecule has 8 nitrogen and oxygen atoms in total. The molecule has 166 valence electrons. The fourth-order valence-electron chi connectivity index (χ4n) is 7.59. The number of hydrogen-bond acceptors (Lipinski definition) is 6. The lowest BCUT2D eigenvalue weighted by Crippen LogP contribution is -2.61. The Morgan fingerprint density at radius 3 is 2.69 bits per heavy atom. The number of hydrogen-bond donors (Lipinski definition) is 3. The van der Waals surface area contributed by atoms with E-state index in [1.807, 2.05) is 0 Å². The minimum absolute atomic E-state index is 0.0339. The van der Waals surface area contributed by atoms with Crippen LogP contribution in [0.25, 0.3) is 11.0 Å². The van der Waals surface area contributed by atoms with Crippen molar-refractivity contribution in [3.63, 3.8) is 0 Å². The minimum atomic E-state index is -0.861. The molecular formula is C24H27N5O3. The van der Waals surface area contributed by atoms with Crippen molar-refractivity contribution in [3.8, 4) is 6.07 Å². The summed E-state index contributed by atoms with van der Waals surface area (Å²) in [5, 5.41) is 33.5. The maximum absolute atomic E-state index is 12.1. The summed E-state index contributed by atoms with van der Waals surface area (Å²) in [5.74, 6) is 2.26. The van der Waals surface area contributed by atoms with E-state index in [-0.39, 0.29) is 18.0 Å². The Labute approximate surface area is 186 Å². The molecule has 1 aromatic carbocycles. The summed E-state index contributed by atoms with van der Waals surface area (Å²) in [6.07, 6.45) is 6.28. The molecule has 5 fully saturated rings. The normalized spacial score (nSPS) is 37.6. The maximum Gasteiger partial charge on any atom is 0.407 e. The van der Waals surface area contributed by atoms with Crippen molar-refractivity contribution >= 4 is 22.9 Å². The molecule has 4 bridgehead atoms. The van der Waals surface area contributed by atoms with E-state index in [4.69, 9.17) is 5.26 Å². The Kier molecular flexibility index (Phi) is 4.34. The van der Waals surface area contributed by atoms with Crippen LogP contribution >= 0.6 is 0 Å². The molecule has 7 rings (SSSR count). The zero-order valence-corrected chi connectivity index (χ0v) is 17.8. The van der Waals surface area contributed by atoms with Gasteiger partial charge in [-0.15, -0.1) is 0 Å². The highest BCUT2D eigenvalue weighted by atomic mass is 16.4. The number of anilines is 1. The van der Waals surface area contributed by atoms with Crippen LogP contribution in [0.5, 0.6) is 0 Å². The van der Waals surface area contributed by atoms with Crippen LogP contribution in [-0.2, 0) is 0 Å². The van der Waals surface area contributed by atoms with Crippen LogP contribution in [-0.4, -0.2) is 55.4 Å². The van der Waals surface area contributed by atoms with E-state index in [1.54, 1.807) is 29.3 Å². The van der Waals surface area contributed by atoms with E-state index < -0.39 is 11.7 Å². The topological polar surface area (TPSA) is 122 Å². The maximum atomic E-state index is 12.1. The quantitative estimate of drug-likeness (QED) is 0.679. The van der Waals surface area contributed by atoms with Gasteiger partial charge in [-0.1, -0.05) is 0 Å². The van der Waals surface area contributed by atoms with Crippen LogP contribution in [0.3, 0.4) is 0 Å². The van der Waals surface area contributed by atoms with Crippen molar-refractivity contribution in [2.75, 3.05) is 11.9 Å². The standard InChI is InChI=1S/C24H27N5O3/c25-11-13-1-2-17-19(7-13)26-12-20(27-17)28-18-3-4-29(23(30)31)22(18)21-15-5-14-6-16(21)10-24(32,8-14)9-15/h1-2,7,12,14-16,18,21-22,32H,3-6,8-10H2,(H,27,28)(H,30,31)/t14?,15-,16+,18?,21?,22?,24?. The molecule has 8 heteroatoms. The Morgan fingerprint density at radius 2 is 2.00 bits per heavy atom. The number of nitrogens with one attached hydrogen (secondary N) is 1. The molecule has 1 amide bonds. The van der Waals surface area contributed by atoms with Crippen molar-refractivity contribution < 1.29 is 15.0 Å². The van der Waals surface area contributed by atoms with Gasteiger partial charge in [-0.3, -0.25) is 4.98 Å². The van der Waals surface area contributed by atoms with Crippen molar-refractivity contribution in [1.82, 2.24) is 14.9 Å². The first-order valence-corrected chi connectivity index (χ1v) is 11.6. The third-order valence-electron chi connectivity index (χ3n) is 8.41. The molecule has 5 unspecified atom stereocenters. The Morgan fingerprint density at radius 1 is 1.22 bits per heavy atom. The average molecular weight is 434 g/mol. The molecule has 5 aliphatic rings. The second-order valence-corrected chi connectivity index (χ2v) is 10.3. The van der Waals surface area contributed by atoms with Gasteiger partial charge in [-0.05, 0) is 80.4 Å². The first kappa shape index (κ1) is 19.7. The molecule has 32 heavy (non-hydrogen) atoms. The summed E-state index contributed by atoms with van der Waals surface area (Å²) in [6.45, 7) is 0.508. The predicted octanol–water partition coefficient (Wildman–Crippen LogP) is 3.22. The Hall–Kier alpha value is -2.92. The number of benzene rings is 1. The van der Waals surface area contributed by atoms with Crippen molar-refractivity contribution in [2.24, 2.45) is 23.7 Å². The third kappa shape index (κ3) is 3.10. The highest BCUT2D eigenvalue weighted by Gasteiger charge is 2.59. The number of aromatic nitrogens is 2. The van der Waals surface area contributed by atoms with Crippen molar-refractivity contribution in [1.29, 1.82) is 5.26 Å². The van der Waals surface area contributed by atoms with Gasteiger partial charge in [0.05, 0.1) is 46.5 Å². The SMILES string of the molecule is N#Cc1ccc2nc(NC3CCN(C(=O)O)C3C3[C@@H]4CC5C[C@H]3CC(O)(C5)C4)cnc2c1. The first-order chi connectivity index (χ1) is 15.4. The fourth-order valence-corrected chi connectivity index (χ4v) is 7.59. The molecule has 4 saturated carbocycles. The average Bonchev–Trinajstić information content (AvgIpc) is 3.15. The van der Waals surface area contributed by atoms with E-state index >= 15 is 0 Å². The highest BCUT2D eigenvalue weighted by molar-refractivity contribution is 5.77. The number of nitrogens with zero attached hydrogens (tertiary/aromatic N) is 4. The largest absolute Gasteiger partial charge is 0.465 e. The van der Waals surface area contributed by atoms with Gasteiger partial charge in [0.15, 0.2) is 0 Å². The molecule has 7 atom stereocenters. The lowest BCUT2D eigenvalue weighted by atomic mass is 9.48. The van der Waals surface area contributed by atoms with Gasteiger partial charge < -0.3 is 20.4 Å². The van der Waals surface area contributed by atoms with Crippen LogP contribution in [0.15, 0.2) is 24.4 Å². The first-order valence-electron chi connectivity index (χ1n) is 11.6. The molecule has 2 aromatic rings. The number of nitriles is 1. The van der Waals surface area contributed by atoms with Gasteiger partial charge in [0, 0.05) is 6.54 Å². The molecule has 1 aliphatic heterocycles. The molecule has 0 radical (unpaired) electrons. The van der Waals surface area contributed by atoms with Crippen LogP contribution in [0.2, 0.25) is 0 Å². The lowest BCUT2D eigenvalue weighted by Gasteiger charge is -2.60. The summed E-state index contributed by atoms with van der Waals surface area (Å²) in [5.41, 5.74) is 1.38. The predicted molar refractivity (Wildman–Crippen MR) is 117 cm³/mol. The van der Waals surface area contributed by atoms with Crippen molar-refractivity contribution in [2.45, 2.75) is 56.2 Å². The van der Waals surface area contributed by atoms with Gasteiger partial charge >= 0.3 is 6.09 Å². The Balaban J connectivity index is 1.30. The number of likely N-dealkylation sites (tertiary alicyclic amines) is 1. The van der Waals surface area contributed by atoms with Gasteiger partial charge in [0.2, 0.25) is 0 Å². The van der Waals surface area contributed by atoms with E-state index in [0.717, 1.165) is 38.5 Å². The molecule has 1 saturated heterocycles. The second kappa shape index (κ2) is 7.04. The van der Waals surface area contributed by atoms with E-state index in [1.165, 1.54) is 0 Å². The Bertz CT molecular complexity index is 1110.